The van der Waals surface area contributed by atoms with Crippen LogP contribution in [0.25, 0.3) is 16.6 Å². The number of aryl methyl sites for hydroxylation is 3. The lowest BCUT2D eigenvalue weighted by molar-refractivity contribution is -0.124. The second-order valence-corrected chi connectivity index (χ2v) is 8.09. The van der Waals surface area contributed by atoms with E-state index in [-0.39, 0.29) is 11.5 Å². The minimum absolute atomic E-state index is 0.246. The minimum Gasteiger partial charge on any atom is -0.354 e. The van der Waals surface area contributed by atoms with Gasteiger partial charge in [0.05, 0.1) is 22.5 Å². The third-order valence-corrected chi connectivity index (χ3v) is 5.73. The van der Waals surface area contributed by atoms with Crippen molar-refractivity contribution in [3.05, 3.63) is 87.5 Å². The van der Waals surface area contributed by atoms with E-state index in [1.807, 2.05) is 51.1 Å². The Morgan fingerprint density at radius 3 is 2.38 bits per heavy atom. The molecule has 0 aliphatic heterocycles. The van der Waals surface area contributed by atoms with Crippen LogP contribution in [0.1, 0.15) is 35.5 Å². The number of benzene rings is 2. The Balaban J connectivity index is 1.58. The van der Waals surface area contributed by atoms with Crippen molar-refractivity contribution in [2.75, 3.05) is 6.54 Å². The number of fused-ring (bicyclic) bond motifs is 1. The monoisotopic (exact) mass is 429 g/mol. The SMILES string of the molecule is Cc1ccc(CCNC(=O)[C@H](C)n2nc(C)c3c(C)n(-c4ccccc4)nc3c2=O)cc1. The summed E-state index contributed by atoms with van der Waals surface area (Å²) in [5.74, 6) is -0.246. The Hall–Kier alpha value is -3.74. The van der Waals surface area contributed by atoms with Crippen LogP contribution in [0, 0.1) is 20.8 Å². The van der Waals surface area contributed by atoms with E-state index in [9.17, 15) is 9.59 Å². The van der Waals surface area contributed by atoms with Crippen LogP contribution in [0.15, 0.2) is 59.4 Å². The lowest BCUT2D eigenvalue weighted by Crippen LogP contribution is -2.38. The van der Waals surface area contributed by atoms with Crippen molar-refractivity contribution in [2.24, 2.45) is 0 Å². The topological polar surface area (TPSA) is 81.8 Å². The Labute approximate surface area is 186 Å². The van der Waals surface area contributed by atoms with Gasteiger partial charge in [-0.05, 0) is 51.8 Å². The third kappa shape index (κ3) is 4.06. The number of rotatable bonds is 6. The molecule has 2 aromatic carbocycles. The van der Waals surface area contributed by atoms with Gasteiger partial charge >= 0.3 is 0 Å². The van der Waals surface area contributed by atoms with Crippen LogP contribution in [-0.2, 0) is 11.2 Å². The molecule has 164 valence electrons. The average Bonchev–Trinajstić information content (AvgIpc) is 3.15. The summed E-state index contributed by atoms with van der Waals surface area (Å²) < 4.78 is 2.98. The quantitative estimate of drug-likeness (QED) is 0.509. The molecule has 7 heteroatoms. The summed E-state index contributed by atoms with van der Waals surface area (Å²) in [6, 6.07) is 17.1. The van der Waals surface area contributed by atoms with Gasteiger partial charge in [0.15, 0.2) is 5.52 Å². The van der Waals surface area contributed by atoms with Crippen LogP contribution in [0.5, 0.6) is 0 Å². The van der Waals surface area contributed by atoms with Gasteiger partial charge in [-0.25, -0.2) is 9.36 Å². The summed E-state index contributed by atoms with van der Waals surface area (Å²) >= 11 is 0. The molecular formula is C25H27N5O2. The molecule has 0 aliphatic rings. The number of hydrogen-bond donors (Lipinski definition) is 1. The summed E-state index contributed by atoms with van der Waals surface area (Å²) in [6.07, 6.45) is 0.722. The number of carbonyl (C=O) groups excluding carboxylic acids is 1. The number of nitrogens with zero attached hydrogens (tertiary/aromatic N) is 4. The van der Waals surface area contributed by atoms with Gasteiger partial charge in [-0.15, -0.1) is 0 Å². The van der Waals surface area contributed by atoms with E-state index in [1.165, 1.54) is 10.2 Å². The maximum absolute atomic E-state index is 13.2. The van der Waals surface area contributed by atoms with Crippen LogP contribution in [0.2, 0.25) is 0 Å². The zero-order valence-corrected chi connectivity index (χ0v) is 18.8. The summed E-state index contributed by atoms with van der Waals surface area (Å²) in [5.41, 5.74) is 4.68. The molecule has 2 aromatic heterocycles. The van der Waals surface area contributed by atoms with Crippen molar-refractivity contribution < 1.29 is 4.79 Å². The van der Waals surface area contributed by atoms with Gasteiger partial charge in [-0.3, -0.25) is 9.59 Å². The number of aromatic nitrogens is 4. The molecule has 32 heavy (non-hydrogen) atoms. The van der Waals surface area contributed by atoms with Gasteiger partial charge < -0.3 is 5.32 Å². The standard InChI is InChI=1S/C25H27N5O2/c1-16-10-12-20(13-11-16)14-15-26-24(31)19(4)30-25(32)23-22(17(2)27-30)18(3)29(28-23)21-8-6-5-7-9-21/h5-13,19H,14-15H2,1-4H3,(H,26,31)/t19-/m0/s1. The van der Waals surface area contributed by atoms with Gasteiger partial charge in [0.1, 0.15) is 6.04 Å². The molecule has 0 aliphatic carbocycles. The van der Waals surface area contributed by atoms with Crippen LogP contribution in [-0.4, -0.2) is 32.0 Å². The number of hydrogen-bond acceptors (Lipinski definition) is 4. The highest BCUT2D eigenvalue weighted by Crippen LogP contribution is 2.21. The van der Waals surface area contributed by atoms with E-state index in [4.69, 9.17) is 0 Å². The first-order valence-electron chi connectivity index (χ1n) is 10.7. The highest BCUT2D eigenvalue weighted by molar-refractivity contribution is 5.84. The predicted octanol–water partition coefficient (Wildman–Crippen LogP) is 3.43. The van der Waals surface area contributed by atoms with Crippen LogP contribution in [0.3, 0.4) is 0 Å². The van der Waals surface area contributed by atoms with Gasteiger partial charge in [0.25, 0.3) is 5.56 Å². The molecule has 0 saturated carbocycles. The molecule has 0 saturated heterocycles. The molecule has 0 bridgehead atoms. The lowest BCUT2D eigenvalue weighted by Gasteiger charge is -2.15. The second kappa shape index (κ2) is 8.78. The molecule has 0 unspecified atom stereocenters. The molecule has 1 atom stereocenters. The van der Waals surface area contributed by atoms with E-state index in [1.54, 1.807) is 11.6 Å². The smallest absolute Gasteiger partial charge is 0.295 e. The van der Waals surface area contributed by atoms with Crippen LogP contribution in [0.4, 0.5) is 0 Å². The summed E-state index contributed by atoms with van der Waals surface area (Å²) in [4.78, 5) is 25.9. The molecule has 0 spiro atoms. The zero-order valence-electron chi connectivity index (χ0n) is 18.8. The van der Waals surface area contributed by atoms with E-state index < -0.39 is 6.04 Å². The first kappa shape index (κ1) is 21.5. The number of carbonyl (C=O) groups is 1. The minimum atomic E-state index is -0.745. The molecule has 4 rings (SSSR count). The van der Waals surface area contributed by atoms with Crippen LogP contribution < -0.4 is 10.9 Å². The largest absolute Gasteiger partial charge is 0.354 e. The Morgan fingerprint density at radius 1 is 1.00 bits per heavy atom. The fourth-order valence-corrected chi connectivity index (χ4v) is 3.88. The molecular weight excluding hydrogens is 402 g/mol. The molecule has 2 heterocycles. The van der Waals surface area contributed by atoms with Crippen molar-refractivity contribution in [1.29, 1.82) is 0 Å². The first-order chi connectivity index (χ1) is 15.4. The van der Waals surface area contributed by atoms with Gasteiger partial charge in [-0.1, -0.05) is 48.0 Å². The van der Waals surface area contributed by atoms with E-state index in [2.05, 4.69) is 39.8 Å². The van der Waals surface area contributed by atoms with Crippen molar-refractivity contribution >= 4 is 16.8 Å². The predicted molar refractivity (Wildman–Crippen MR) is 125 cm³/mol. The number of nitrogens with one attached hydrogen (secondary N) is 1. The van der Waals surface area contributed by atoms with E-state index in [0.717, 1.165) is 28.8 Å². The van der Waals surface area contributed by atoms with E-state index in [0.29, 0.717) is 17.8 Å². The third-order valence-electron chi connectivity index (χ3n) is 5.73. The Bertz CT molecular complexity index is 1320. The highest BCUT2D eigenvalue weighted by Gasteiger charge is 2.23. The summed E-state index contributed by atoms with van der Waals surface area (Å²) in [5, 5.41) is 12.7. The molecule has 1 amide bonds. The second-order valence-electron chi connectivity index (χ2n) is 8.09. The van der Waals surface area contributed by atoms with Crippen molar-refractivity contribution in [3.63, 3.8) is 0 Å². The number of para-hydroxylation sites is 1. The van der Waals surface area contributed by atoms with Gasteiger partial charge in [-0.2, -0.15) is 10.2 Å². The molecule has 4 aromatic rings. The summed E-state index contributed by atoms with van der Waals surface area (Å²) in [6.45, 7) is 7.97. The Kier molecular flexibility index (Phi) is 5.90. The zero-order chi connectivity index (χ0) is 22.8. The van der Waals surface area contributed by atoms with E-state index >= 15 is 0 Å². The molecule has 7 nitrogen and oxygen atoms in total. The average molecular weight is 430 g/mol. The summed E-state index contributed by atoms with van der Waals surface area (Å²) in [7, 11) is 0. The molecule has 1 N–H and O–H groups in total. The maximum Gasteiger partial charge on any atom is 0.295 e. The number of amides is 1. The molecule has 0 fully saturated rings. The van der Waals surface area contributed by atoms with Gasteiger partial charge in [0.2, 0.25) is 5.91 Å². The normalized spacial score (nSPS) is 12.1. The van der Waals surface area contributed by atoms with Crippen molar-refractivity contribution in [2.45, 2.75) is 40.2 Å². The van der Waals surface area contributed by atoms with Gasteiger partial charge in [0, 0.05) is 6.54 Å². The maximum atomic E-state index is 13.2. The fraction of sp³-hybridized carbons (Fsp3) is 0.280. The fourth-order valence-electron chi connectivity index (χ4n) is 3.88. The molecule has 0 radical (unpaired) electrons. The van der Waals surface area contributed by atoms with Crippen LogP contribution >= 0.6 is 0 Å². The first-order valence-corrected chi connectivity index (χ1v) is 10.7. The Morgan fingerprint density at radius 2 is 1.69 bits per heavy atom. The van der Waals surface area contributed by atoms with Crippen molar-refractivity contribution in [3.8, 4) is 5.69 Å². The van der Waals surface area contributed by atoms with Crippen molar-refractivity contribution in [1.82, 2.24) is 24.9 Å². The highest BCUT2D eigenvalue weighted by atomic mass is 16.2. The lowest BCUT2D eigenvalue weighted by atomic mass is 10.1.